The van der Waals surface area contributed by atoms with Crippen LogP contribution in [0.2, 0.25) is 0 Å². The molecule has 0 spiro atoms. The molecular formula is C13H14FN3. The van der Waals surface area contributed by atoms with E-state index in [-0.39, 0.29) is 0 Å². The Morgan fingerprint density at radius 3 is 2.82 bits per heavy atom. The van der Waals surface area contributed by atoms with E-state index in [1.165, 1.54) is 0 Å². The van der Waals surface area contributed by atoms with E-state index in [9.17, 15) is 4.39 Å². The van der Waals surface area contributed by atoms with Gasteiger partial charge < -0.3 is 10.3 Å². The molecule has 3 nitrogen and oxygen atoms in total. The highest BCUT2D eigenvalue weighted by molar-refractivity contribution is 5.61. The molecule has 17 heavy (non-hydrogen) atoms. The Balaban J connectivity index is 1.97. The Kier molecular flexibility index (Phi) is 2.35. The minimum Gasteiger partial charge on any atom is -0.399 e. The lowest BCUT2D eigenvalue weighted by molar-refractivity contribution is 0.253. The average molecular weight is 231 g/mol. The summed E-state index contributed by atoms with van der Waals surface area (Å²) in [4.78, 5) is 4.54. The highest BCUT2D eigenvalue weighted by Crippen LogP contribution is 2.24. The number of alkyl halides is 1. The number of fused-ring (bicyclic) bond motifs is 1. The second-order valence-electron chi connectivity index (χ2n) is 4.45. The van der Waals surface area contributed by atoms with Gasteiger partial charge in [0, 0.05) is 23.9 Å². The van der Waals surface area contributed by atoms with Crippen LogP contribution in [0.15, 0.2) is 30.5 Å². The topological polar surface area (TPSA) is 43.8 Å². The van der Waals surface area contributed by atoms with Crippen LogP contribution in [0.1, 0.15) is 12.2 Å². The summed E-state index contributed by atoms with van der Waals surface area (Å²) < 4.78 is 15.2. The molecule has 1 aliphatic heterocycles. The standard InChI is InChI=1S/C13H14FN3/c14-10-3-6-13-16-12(8-17(13)7-10)9-1-4-11(15)5-2-9/h1-2,4-5,8,10H,3,6-7,15H2. The lowest BCUT2D eigenvalue weighted by Gasteiger charge is -2.16. The van der Waals surface area contributed by atoms with Crippen molar-refractivity contribution >= 4 is 5.69 Å². The van der Waals surface area contributed by atoms with E-state index in [2.05, 4.69) is 4.98 Å². The van der Waals surface area contributed by atoms with Crippen molar-refractivity contribution in [1.29, 1.82) is 0 Å². The van der Waals surface area contributed by atoms with Crippen molar-refractivity contribution in [3.05, 3.63) is 36.3 Å². The second kappa shape index (κ2) is 3.87. The maximum absolute atomic E-state index is 13.3. The van der Waals surface area contributed by atoms with Crippen LogP contribution < -0.4 is 5.73 Å². The number of nitrogen functional groups attached to an aromatic ring is 1. The second-order valence-corrected chi connectivity index (χ2v) is 4.45. The molecule has 1 aromatic heterocycles. The molecule has 0 bridgehead atoms. The summed E-state index contributed by atoms with van der Waals surface area (Å²) in [5, 5.41) is 0. The van der Waals surface area contributed by atoms with E-state index in [4.69, 9.17) is 5.73 Å². The van der Waals surface area contributed by atoms with E-state index < -0.39 is 6.17 Å². The number of aryl methyl sites for hydroxylation is 1. The summed E-state index contributed by atoms with van der Waals surface area (Å²) in [5.41, 5.74) is 8.30. The minimum absolute atomic E-state index is 0.428. The van der Waals surface area contributed by atoms with Crippen molar-refractivity contribution < 1.29 is 4.39 Å². The van der Waals surface area contributed by atoms with Crippen molar-refractivity contribution in [2.24, 2.45) is 0 Å². The molecule has 0 aliphatic carbocycles. The van der Waals surface area contributed by atoms with Crippen LogP contribution in [0.25, 0.3) is 11.3 Å². The molecule has 0 saturated carbocycles. The molecule has 1 atom stereocenters. The van der Waals surface area contributed by atoms with Gasteiger partial charge in [0.15, 0.2) is 0 Å². The van der Waals surface area contributed by atoms with Crippen molar-refractivity contribution in [1.82, 2.24) is 9.55 Å². The zero-order valence-electron chi connectivity index (χ0n) is 9.44. The number of hydrogen-bond donors (Lipinski definition) is 1. The van der Waals surface area contributed by atoms with Gasteiger partial charge in [0.25, 0.3) is 0 Å². The Bertz CT molecular complexity index is 530. The van der Waals surface area contributed by atoms with Crippen LogP contribution in [-0.2, 0) is 13.0 Å². The van der Waals surface area contributed by atoms with Gasteiger partial charge in [0.2, 0.25) is 0 Å². The number of hydrogen-bond acceptors (Lipinski definition) is 2. The zero-order chi connectivity index (χ0) is 11.8. The third-order valence-corrected chi connectivity index (χ3v) is 3.14. The van der Waals surface area contributed by atoms with Gasteiger partial charge in [-0.3, -0.25) is 0 Å². The molecule has 1 aliphatic rings. The molecule has 1 aromatic carbocycles. The first-order valence-corrected chi connectivity index (χ1v) is 5.78. The molecule has 2 heterocycles. The van der Waals surface area contributed by atoms with Gasteiger partial charge in [-0.05, 0) is 18.6 Å². The Morgan fingerprint density at radius 2 is 2.06 bits per heavy atom. The van der Waals surface area contributed by atoms with Crippen LogP contribution >= 0.6 is 0 Å². The first-order valence-electron chi connectivity index (χ1n) is 5.78. The molecule has 0 radical (unpaired) electrons. The van der Waals surface area contributed by atoms with E-state index in [0.29, 0.717) is 13.0 Å². The summed E-state index contributed by atoms with van der Waals surface area (Å²) in [7, 11) is 0. The summed E-state index contributed by atoms with van der Waals surface area (Å²) in [6, 6.07) is 7.59. The van der Waals surface area contributed by atoms with E-state index in [1.807, 2.05) is 35.0 Å². The van der Waals surface area contributed by atoms with Crippen LogP contribution in [0, 0.1) is 0 Å². The third-order valence-electron chi connectivity index (χ3n) is 3.14. The van der Waals surface area contributed by atoms with Gasteiger partial charge in [-0.2, -0.15) is 0 Å². The first kappa shape index (κ1) is 10.3. The minimum atomic E-state index is -0.740. The Hall–Kier alpha value is -1.84. The van der Waals surface area contributed by atoms with Crippen molar-refractivity contribution in [2.45, 2.75) is 25.6 Å². The molecule has 3 rings (SSSR count). The fourth-order valence-corrected chi connectivity index (χ4v) is 2.20. The molecule has 2 N–H and O–H groups in total. The number of benzene rings is 1. The van der Waals surface area contributed by atoms with Gasteiger partial charge in [0.1, 0.15) is 12.0 Å². The SMILES string of the molecule is Nc1ccc(-c2cn3c(n2)CCC(F)C3)cc1. The van der Waals surface area contributed by atoms with Crippen molar-refractivity contribution in [2.75, 3.05) is 5.73 Å². The van der Waals surface area contributed by atoms with Gasteiger partial charge in [-0.15, -0.1) is 0 Å². The van der Waals surface area contributed by atoms with Crippen LogP contribution in [0.5, 0.6) is 0 Å². The Morgan fingerprint density at radius 1 is 1.29 bits per heavy atom. The summed E-state index contributed by atoms with van der Waals surface area (Å²) in [5.74, 6) is 0.978. The molecule has 2 aromatic rings. The van der Waals surface area contributed by atoms with Crippen molar-refractivity contribution in [3.63, 3.8) is 0 Å². The molecule has 88 valence electrons. The molecule has 0 amide bonds. The van der Waals surface area contributed by atoms with E-state index in [1.54, 1.807) is 0 Å². The zero-order valence-corrected chi connectivity index (χ0v) is 9.44. The number of rotatable bonds is 1. The van der Waals surface area contributed by atoms with Crippen LogP contribution in [0.3, 0.4) is 0 Å². The predicted octanol–water partition coefficient (Wildman–Crippen LogP) is 2.42. The summed E-state index contributed by atoms with van der Waals surface area (Å²) in [6.45, 7) is 0.428. The molecular weight excluding hydrogens is 217 g/mol. The highest BCUT2D eigenvalue weighted by atomic mass is 19.1. The lowest BCUT2D eigenvalue weighted by atomic mass is 10.1. The maximum atomic E-state index is 13.3. The number of nitrogens with zero attached hydrogens (tertiary/aromatic N) is 2. The molecule has 0 saturated heterocycles. The highest BCUT2D eigenvalue weighted by Gasteiger charge is 2.19. The predicted molar refractivity (Wildman–Crippen MR) is 65.3 cm³/mol. The Labute approximate surface area is 99.1 Å². The monoisotopic (exact) mass is 231 g/mol. The molecule has 0 fully saturated rings. The number of anilines is 1. The van der Waals surface area contributed by atoms with E-state index >= 15 is 0 Å². The lowest BCUT2D eigenvalue weighted by Crippen LogP contribution is -2.20. The fourth-order valence-electron chi connectivity index (χ4n) is 2.20. The largest absolute Gasteiger partial charge is 0.399 e. The summed E-state index contributed by atoms with van der Waals surface area (Å²) in [6.07, 6.45) is 2.48. The quantitative estimate of drug-likeness (QED) is 0.766. The smallest absolute Gasteiger partial charge is 0.118 e. The van der Waals surface area contributed by atoms with Crippen LogP contribution in [-0.4, -0.2) is 15.7 Å². The normalized spacial score (nSPS) is 19.0. The first-order chi connectivity index (χ1) is 8.22. The number of aromatic nitrogens is 2. The third kappa shape index (κ3) is 1.90. The number of imidazole rings is 1. The number of halogens is 1. The van der Waals surface area contributed by atoms with Gasteiger partial charge >= 0.3 is 0 Å². The molecule has 1 unspecified atom stereocenters. The van der Waals surface area contributed by atoms with Crippen LogP contribution in [0.4, 0.5) is 10.1 Å². The summed E-state index contributed by atoms with van der Waals surface area (Å²) >= 11 is 0. The van der Waals surface area contributed by atoms with Crippen molar-refractivity contribution in [3.8, 4) is 11.3 Å². The fraction of sp³-hybridized carbons (Fsp3) is 0.308. The average Bonchev–Trinajstić information content (AvgIpc) is 2.72. The maximum Gasteiger partial charge on any atom is 0.118 e. The van der Waals surface area contributed by atoms with Gasteiger partial charge in [-0.1, -0.05) is 12.1 Å². The van der Waals surface area contributed by atoms with Gasteiger partial charge in [-0.25, -0.2) is 9.37 Å². The number of nitrogens with two attached hydrogens (primary N) is 1. The van der Waals surface area contributed by atoms with Gasteiger partial charge in [0.05, 0.1) is 12.2 Å². The van der Waals surface area contributed by atoms with E-state index in [0.717, 1.165) is 29.2 Å². The molecule has 4 heteroatoms.